The van der Waals surface area contributed by atoms with Crippen molar-refractivity contribution in [3.8, 4) is 0 Å². The first-order valence-corrected chi connectivity index (χ1v) is 4.32. The van der Waals surface area contributed by atoms with Gasteiger partial charge in [0.1, 0.15) is 11.3 Å². The van der Waals surface area contributed by atoms with Gasteiger partial charge < -0.3 is 9.84 Å². The van der Waals surface area contributed by atoms with E-state index in [2.05, 4.69) is 5.43 Å². The van der Waals surface area contributed by atoms with E-state index in [1.807, 2.05) is 0 Å². The van der Waals surface area contributed by atoms with Crippen molar-refractivity contribution in [2.75, 3.05) is 5.43 Å². The zero-order valence-electron chi connectivity index (χ0n) is 7.97. The molecule has 0 amide bonds. The van der Waals surface area contributed by atoms with Crippen LogP contribution >= 0.6 is 0 Å². The Balaban J connectivity index is 2.96. The fraction of sp³-hybridized carbons (Fsp3) is 0. The number of hydrogen-bond donors (Lipinski definition) is 2. The van der Waals surface area contributed by atoms with Crippen LogP contribution in [-0.4, -0.2) is 4.92 Å². The van der Waals surface area contributed by atoms with Crippen molar-refractivity contribution in [1.29, 1.82) is 0 Å². The maximum atomic E-state index is 11.4. The number of nitrogens with two attached hydrogens (primary N) is 1. The summed E-state index contributed by atoms with van der Waals surface area (Å²) >= 11 is 0. The lowest BCUT2D eigenvalue weighted by atomic mass is 10.2. The minimum atomic E-state index is -1.03. The first-order valence-electron chi connectivity index (χ1n) is 4.32. The van der Waals surface area contributed by atoms with Crippen LogP contribution in [0.4, 0.5) is 11.4 Å². The summed E-state index contributed by atoms with van der Waals surface area (Å²) in [5.41, 5.74) is 0.632. The quantitative estimate of drug-likeness (QED) is 0.338. The van der Waals surface area contributed by atoms with E-state index in [0.29, 0.717) is 5.39 Å². The summed E-state index contributed by atoms with van der Waals surface area (Å²) in [6, 6.07) is 6.41. The third-order valence-electron chi connectivity index (χ3n) is 2.12. The third-order valence-corrected chi connectivity index (χ3v) is 2.12. The summed E-state index contributed by atoms with van der Waals surface area (Å²) in [6.07, 6.45) is 0. The number of nitrogen functional groups attached to an aromatic ring is 1. The normalized spacial score (nSPS) is 10.3. The number of benzene rings is 1. The second-order valence-electron chi connectivity index (χ2n) is 3.01. The Morgan fingerprint density at radius 1 is 1.38 bits per heavy atom. The van der Waals surface area contributed by atoms with Gasteiger partial charge in [0, 0.05) is 5.39 Å². The van der Waals surface area contributed by atoms with Gasteiger partial charge in [-0.3, -0.25) is 16.0 Å². The Morgan fingerprint density at radius 3 is 2.69 bits per heavy atom. The fourth-order valence-electron chi connectivity index (χ4n) is 1.45. The molecule has 0 aliphatic rings. The molecule has 0 aliphatic heterocycles. The second-order valence-corrected chi connectivity index (χ2v) is 3.01. The molecule has 2 aromatic rings. The molecule has 1 aromatic heterocycles. The molecule has 0 saturated heterocycles. The number of nitrogens with one attached hydrogen (secondary N) is 1. The number of hydrazine groups is 1. The van der Waals surface area contributed by atoms with Crippen LogP contribution in [0.2, 0.25) is 0 Å². The molecule has 0 spiro atoms. The average molecular weight is 221 g/mol. The van der Waals surface area contributed by atoms with Crippen LogP contribution in [0.5, 0.6) is 0 Å². The van der Waals surface area contributed by atoms with E-state index < -0.39 is 16.2 Å². The van der Waals surface area contributed by atoms with Crippen molar-refractivity contribution in [3.05, 3.63) is 44.8 Å². The molecule has 16 heavy (non-hydrogen) atoms. The summed E-state index contributed by atoms with van der Waals surface area (Å²) in [6.45, 7) is 0. The van der Waals surface area contributed by atoms with Gasteiger partial charge in [-0.15, -0.1) is 0 Å². The molecule has 0 bridgehead atoms. The second kappa shape index (κ2) is 3.63. The Kier molecular flexibility index (Phi) is 2.29. The monoisotopic (exact) mass is 221 g/mol. The molecule has 82 valence electrons. The van der Waals surface area contributed by atoms with Crippen molar-refractivity contribution in [1.82, 2.24) is 0 Å². The summed E-state index contributed by atoms with van der Waals surface area (Å²) in [5, 5.41) is 11.1. The third kappa shape index (κ3) is 1.39. The summed E-state index contributed by atoms with van der Waals surface area (Å²) in [4.78, 5) is 21.2. The van der Waals surface area contributed by atoms with Gasteiger partial charge >= 0.3 is 11.3 Å². The minimum absolute atomic E-state index is 0.0446. The van der Waals surface area contributed by atoms with Crippen LogP contribution in [0.15, 0.2) is 33.5 Å². The number of para-hydroxylation sites is 1. The van der Waals surface area contributed by atoms with Gasteiger partial charge in [0.15, 0.2) is 0 Å². The molecule has 3 N–H and O–H groups in total. The number of fused-ring (bicyclic) bond motifs is 1. The summed E-state index contributed by atoms with van der Waals surface area (Å²) < 4.78 is 4.80. The van der Waals surface area contributed by atoms with Crippen LogP contribution in [0.1, 0.15) is 0 Å². The van der Waals surface area contributed by atoms with Gasteiger partial charge in [-0.1, -0.05) is 12.1 Å². The highest BCUT2D eigenvalue weighted by atomic mass is 16.6. The van der Waals surface area contributed by atoms with Gasteiger partial charge in [-0.25, -0.2) is 4.79 Å². The number of anilines is 1. The molecule has 0 saturated carbocycles. The molecule has 1 heterocycles. The zero-order chi connectivity index (χ0) is 11.7. The first kappa shape index (κ1) is 10.1. The maximum absolute atomic E-state index is 11.4. The SMILES string of the molecule is NNc1c([N+](=O)[O-])c(=O)oc2ccccc12. The van der Waals surface area contributed by atoms with Crippen LogP contribution in [0.3, 0.4) is 0 Å². The van der Waals surface area contributed by atoms with E-state index in [9.17, 15) is 14.9 Å². The molecule has 0 atom stereocenters. The number of rotatable bonds is 2. The van der Waals surface area contributed by atoms with Gasteiger partial charge in [0.2, 0.25) is 0 Å². The molecule has 0 radical (unpaired) electrons. The molecule has 7 nitrogen and oxygen atoms in total. The predicted molar refractivity (Wildman–Crippen MR) is 56.9 cm³/mol. The van der Waals surface area contributed by atoms with E-state index in [0.717, 1.165) is 0 Å². The zero-order valence-corrected chi connectivity index (χ0v) is 7.97. The Bertz CT molecular complexity index is 620. The molecule has 1 aromatic carbocycles. The van der Waals surface area contributed by atoms with Gasteiger partial charge in [0.25, 0.3) is 0 Å². The largest absolute Gasteiger partial charge is 0.418 e. The Hall–Kier alpha value is -2.41. The Morgan fingerprint density at radius 2 is 2.06 bits per heavy atom. The van der Waals surface area contributed by atoms with Crippen LogP contribution in [-0.2, 0) is 0 Å². The number of hydrogen-bond acceptors (Lipinski definition) is 6. The van der Waals surface area contributed by atoms with Gasteiger partial charge in [0.05, 0.1) is 4.92 Å². The molecule has 0 fully saturated rings. The molecule has 0 aliphatic carbocycles. The average Bonchev–Trinajstić information content (AvgIpc) is 2.26. The van der Waals surface area contributed by atoms with E-state index in [4.69, 9.17) is 10.3 Å². The maximum Gasteiger partial charge on any atom is 0.417 e. The first-order chi connectivity index (χ1) is 7.65. The smallest absolute Gasteiger partial charge is 0.417 e. The highest BCUT2D eigenvalue weighted by Crippen LogP contribution is 2.28. The minimum Gasteiger partial charge on any atom is -0.418 e. The fourth-order valence-corrected chi connectivity index (χ4v) is 1.45. The van der Waals surface area contributed by atoms with Crippen molar-refractivity contribution >= 4 is 22.3 Å². The van der Waals surface area contributed by atoms with Crippen LogP contribution in [0.25, 0.3) is 11.0 Å². The molecular formula is C9H7N3O4. The predicted octanol–water partition coefficient (Wildman–Crippen LogP) is 0.987. The number of nitro groups is 1. The van der Waals surface area contributed by atoms with Gasteiger partial charge in [-0.05, 0) is 12.1 Å². The van der Waals surface area contributed by atoms with Crippen molar-refractivity contribution in [2.24, 2.45) is 5.84 Å². The van der Waals surface area contributed by atoms with Crippen molar-refractivity contribution < 1.29 is 9.34 Å². The lowest BCUT2D eigenvalue weighted by molar-refractivity contribution is -0.386. The summed E-state index contributed by atoms with van der Waals surface area (Å²) in [5.74, 6) is 5.19. The highest BCUT2D eigenvalue weighted by molar-refractivity contribution is 5.93. The van der Waals surface area contributed by atoms with E-state index >= 15 is 0 Å². The molecule has 0 unspecified atom stereocenters. The van der Waals surface area contributed by atoms with Crippen LogP contribution < -0.4 is 16.9 Å². The number of nitrogens with zero attached hydrogens (tertiary/aromatic N) is 1. The lowest BCUT2D eigenvalue weighted by Crippen LogP contribution is -2.15. The van der Waals surface area contributed by atoms with Crippen LogP contribution in [0, 0.1) is 10.1 Å². The molecule has 7 heteroatoms. The Labute approximate surface area is 88.6 Å². The van der Waals surface area contributed by atoms with Crippen molar-refractivity contribution in [2.45, 2.75) is 0 Å². The van der Waals surface area contributed by atoms with Crippen molar-refractivity contribution in [3.63, 3.8) is 0 Å². The molecule has 2 rings (SSSR count). The van der Waals surface area contributed by atoms with E-state index in [1.54, 1.807) is 18.2 Å². The summed E-state index contributed by atoms with van der Waals surface area (Å²) in [7, 11) is 0. The highest BCUT2D eigenvalue weighted by Gasteiger charge is 2.23. The van der Waals surface area contributed by atoms with E-state index in [1.165, 1.54) is 6.07 Å². The topological polar surface area (TPSA) is 111 Å². The van der Waals surface area contributed by atoms with Gasteiger partial charge in [-0.2, -0.15) is 0 Å². The molecular weight excluding hydrogens is 214 g/mol. The lowest BCUT2D eigenvalue weighted by Gasteiger charge is -2.04. The van der Waals surface area contributed by atoms with E-state index in [-0.39, 0.29) is 11.3 Å². The standard InChI is InChI=1S/C9H7N3O4/c10-11-7-5-3-1-2-4-6(5)16-9(13)8(7)12(14)15/h1-4,11H,10H2.